The first-order valence-corrected chi connectivity index (χ1v) is 7.37. The van der Waals surface area contributed by atoms with Gasteiger partial charge in [0.25, 0.3) is 0 Å². The molecule has 1 N–H and O–H groups in total. The molecule has 1 aromatic carbocycles. The zero-order chi connectivity index (χ0) is 14.7. The Morgan fingerprint density at radius 1 is 1.35 bits per heavy atom. The van der Waals surface area contributed by atoms with Gasteiger partial charge in [-0.2, -0.15) is 0 Å². The number of H-pyrrole nitrogens is 1. The van der Waals surface area contributed by atoms with Crippen molar-refractivity contribution in [2.75, 3.05) is 5.75 Å². The van der Waals surface area contributed by atoms with Crippen molar-refractivity contribution >= 4 is 17.5 Å². The van der Waals surface area contributed by atoms with Gasteiger partial charge in [0, 0.05) is 11.6 Å². The summed E-state index contributed by atoms with van der Waals surface area (Å²) in [7, 11) is 0. The Labute approximate surface area is 121 Å². The van der Waals surface area contributed by atoms with Crippen molar-refractivity contribution < 1.29 is 4.79 Å². The monoisotopic (exact) mass is 291 g/mol. The summed E-state index contributed by atoms with van der Waals surface area (Å²) in [5, 5.41) is 6.91. The topological polar surface area (TPSA) is 67.8 Å². The standard InChI is InChI=1S/C14H17N3O2S/c1-9(2)17-13(19)15-16-14(17)20-8-12(18)11-6-4-10(3)5-7-11/h4-7,9H,8H2,1-3H3,(H,15,19). The van der Waals surface area contributed by atoms with Crippen LogP contribution in [0, 0.1) is 6.92 Å². The highest BCUT2D eigenvalue weighted by Crippen LogP contribution is 2.18. The van der Waals surface area contributed by atoms with E-state index >= 15 is 0 Å². The average Bonchev–Trinajstić information content (AvgIpc) is 2.78. The van der Waals surface area contributed by atoms with Gasteiger partial charge in [-0.3, -0.25) is 9.36 Å². The SMILES string of the molecule is Cc1ccc(C(=O)CSc2n[nH]c(=O)n2C(C)C)cc1. The Morgan fingerprint density at radius 2 is 2.00 bits per heavy atom. The summed E-state index contributed by atoms with van der Waals surface area (Å²) in [5.41, 5.74) is 1.55. The van der Waals surface area contributed by atoms with Crippen LogP contribution in [0.4, 0.5) is 0 Å². The fourth-order valence-electron chi connectivity index (χ4n) is 1.80. The quantitative estimate of drug-likeness (QED) is 0.678. The molecule has 0 aliphatic rings. The molecule has 1 heterocycles. The van der Waals surface area contributed by atoms with Crippen LogP contribution in [0.2, 0.25) is 0 Å². The highest BCUT2D eigenvalue weighted by atomic mass is 32.2. The molecule has 0 fully saturated rings. The molecule has 20 heavy (non-hydrogen) atoms. The Morgan fingerprint density at radius 3 is 2.60 bits per heavy atom. The molecule has 0 atom stereocenters. The molecule has 0 amide bonds. The van der Waals surface area contributed by atoms with Crippen LogP contribution in [0.5, 0.6) is 0 Å². The third kappa shape index (κ3) is 3.19. The fraction of sp³-hybridized carbons (Fsp3) is 0.357. The van der Waals surface area contributed by atoms with Gasteiger partial charge in [-0.05, 0) is 20.8 Å². The molecule has 106 valence electrons. The van der Waals surface area contributed by atoms with Crippen LogP contribution in [0.25, 0.3) is 0 Å². The summed E-state index contributed by atoms with van der Waals surface area (Å²) in [6, 6.07) is 7.47. The van der Waals surface area contributed by atoms with E-state index in [1.165, 1.54) is 11.8 Å². The van der Waals surface area contributed by atoms with Gasteiger partial charge >= 0.3 is 5.69 Å². The molecule has 0 bridgehead atoms. The molecular weight excluding hydrogens is 274 g/mol. The van der Waals surface area contributed by atoms with E-state index in [0.717, 1.165) is 5.56 Å². The van der Waals surface area contributed by atoms with E-state index in [2.05, 4.69) is 10.2 Å². The van der Waals surface area contributed by atoms with E-state index in [9.17, 15) is 9.59 Å². The molecule has 2 aromatic rings. The average molecular weight is 291 g/mol. The molecule has 5 nitrogen and oxygen atoms in total. The van der Waals surface area contributed by atoms with Crippen molar-refractivity contribution in [2.45, 2.75) is 32.0 Å². The highest BCUT2D eigenvalue weighted by Gasteiger charge is 2.14. The number of aryl methyl sites for hydroxylation is 1. The van der Waals surface area contributed by atoms with Crippen molar-refractivity contribution in [3.63, 3.8) is 0 Å². The number of thioether (sulfide) groups is 1. The van der Waals surface area contributed by atoms with Gasteiger partial charge in [0.1, 0.15) is 0 Å². The van der Waals surface area contributed by atoms with E-state index in [1.807, 2.05) is 45.0 Å². The number of hydrogen-bond acceptors (Lipinski definition) is 4. The minimum absolute atomic E-state index is 0.0122. The van der Waals surface area contributed by atoms with E-state index in [0.29, 0.717) is 10.7 Å². The van der Waals surface area contributed by atoms with Gasteiger partial charge in [0.2, 0.25) is 0 Å². The van der Waals surface area contributed by atoms with Crippen LogP contribution in [0.3, 0.4) is 0 Å². The van der Waals surface area contributed by atoms with Crippen molar-refractivity contribution in [1.82, 2.24) is 14.8 Å². The van der Waals surface area contributed by atoms with Crippen LogP contribution < -0.4 is 5.69 Å². The highest BCUT2D eigenvalue weighted by molar-refractivity contribution is 7.99. The molecule has 6 heteroatoms. The number of hydrogen-bond donors (Lipinski definition) is 1. The maximum atomic E-state index is 12.1. The molecule has 0 saturated carbocycles. The summed E-state index contributed by atoms with van der Waals surface area (Å²) in [6.45, 7) is 5.79. The predicted octanol–water partition coefficient (Wildman–Crippen LogP) is 2.44. The van der Waals surface area contributed by atoms with Crippen LogP contribution in [0.1, 0.15) is 35.8 Å². The van der Waals surface area contributed by atoms with E-state index < -0.39 is 0 Å². The molecule has 2 rings (SSSR count). The lowest BCUT2D eigenvalue weighted by Crippen LogP contribution is -2.19. The van der Waals surface area contributed by atoms with Crippen molar-refractivity contribution in [3.05, 3.63) is 45.9 Å². The molecule has 0 aliphatic heterocycles. The second-order valence-electron chi connectivity index (χ2n) is 4.85. The number of ketones is 1. The lowest BCUT2D eigenvalue weighted by atomic mass is 10.1. The molecule has 0 spiro atoms. The molecule has 0 radical (unpaired) electrons. The third-order valence-electron chi connectivity index (χ3n) is 2.89. The van der Waals surface area contributed by atoms with Gasteiger partial charge in [-0.25, -0.2) is 9.89 Å². The second kappa shape index (κ2) is 6.09. The van der Waals surface area contributed by atoms with E-state index in [-0.39, 0.29) is 23.3 Å². The van der Waals surface area contributed by atoms with E-state index in [1.54, 1.807) is 4.57 Å². The zero-order valence-electron chi connectivity index (χ0n) is 11.7. The van der Waals surface area contributed by atoms with Gasteiger partial charge in [-0.1, -0.05) is 41.6 Å². The summed E-state index contributed by atoms with van der Waals surface area (Å²) >= 11 is 1.27. The number of nitrogens with zero attached hydrogens (tertiary/aromatic N) is 2. The molecule has 0 saturated heterocycles. The number of benzene rings is 1. The predicted molar refractivity (Wildman–Crippen MR) is 79.5 cm³/mol. The fourth-order valence-corrected chi connectivity index (χ4v) is 2.77. The molecular formula is C14H17N3O2S. The number of aromatic amines is 1. The Bertz CT molecular complexity index is 656. The number of aromatic nitrogens is 3. The van der Waals surface area contributed by atoms with Gasteiger partial charge < -0.3 is 0 Å². The Hall–Kier alpha value is -1.82. The first-order chi connectivity index (χ1) is 9.49. The summed E-state index contributed by atoms with van der Waals surface area (Å²) < 4.78 is 1.55. The lowest BCUT2D eigenvalue weighted by Gasteiger charge is -2.08. The minimum atomic E-state index is -0.245. The molecule has 1 aromatic heterocycles. The number of rotatable bonds is 5. The third-order valence-corrected chi connectivity index (χ3v) is 3.85. The smallest absolute Gasteiger partial charge is 0.293 e. The second-order valence-corrected chi connectivity index (χ2v) is 5.80. The summed E-state index contributed by atoms with van der Waals surface area (Å²) in [5.74, 6) is 0.292. The van der Waals surface area contributed by atoms with Crippen LogP contribution in [0.15, 0.2) is 34.2 Å². The maximum Gasteiger partial charge on any atom is 0.344 e. The van der Waals surface area contributed by atoms with Crippen molar-refractivity contribution in [3.8, 4) is 0 Å². The largest absolute Gasteiger partial charge is 0.344 e. The van der Waals surface area contributed by atoms with Gasteiger partial charge in [-0.15, -0.1) is 5.10 Å². The zero-order valence-corrected chi connectivity index (χ0v) is 12.5. The van der Waals surface area contributed by atoms with Crippen LogP contribution >= 0.6 is 11.8 Å². The first kappa shape index (κ1) is 14.6. The molecule has 0 unspecified atom stereocenters. The number of carbonyl (C=O) groups excluding carboxylic acids is 1. The summed E-state index contributed by atoms with van der Waals surface area (Å²) in [6.07, 6.45) is 0. The van der Waals surface area contributed by atoms with Crippen molar-refractivity contribution in [1.29, 1.82) is 0 Å². The number of carbonyl (C=O) groups is 1. The Kier molecular flexibility index (Phi) is 4.44. The van der Waals surface area contributed by atoms with Gasteiger partial charge in [0.05, 0.1) is 5.75 Å². The summed E-state index contributed by atoms with van der Waals surface area (Å²) in [4.78, 5) is 23.7. The van der Waals surface area contributed by atoms with Gasteiger partial charge in [0.15, 0.2) is 10.9 Å². The van der Waals surface area contributed by atoms with Crippen LogP contribution in [-0.4, -0.2) is 26.3 Å². The normalized spacial score (nSPS) is 11.0. The molecule has 0 aliphatic carbocycles. The maximum absolute atomic E-state index is 12.1. The van der Waals surface area contributed by atoms with Crippen LogP contribution in [-0.2, 0) is 0 Å². The first-order valence-electron chi connectivity index (χ1n) is 6.38. The Balaban J connectivity index is 2.07. The number of Topliss-reactive ketones (excluding diaryl/α,β-unsaturated/α-hetero) is 1. The van der Waals surface area contributed by atoms with Crippen molar-refractivity contribution in [2.24, 2.45) is 0 Å². The van der Waals surface area contributed by atoms with E-state index in [4.69, 9.17) is 0 Å². The number of nitrogens with one attached hydrogen (secondary N) is 1. The minimum Gasteiger partial charge on any atom is -0.293 e. The lowest BCUT2D eigenvalue weighted by molar-refractivity contribution is 0.102.